The molecule has 2 heterocycles. The molecule has 1 saturated heterocycles. The third-order valence-corrected chi connectivity index (χ3v) is 8.86. The van der Waals surface area contributed by atoms with Gasteiger partial charge in [0.05, 0.1) is 23.0 Å². The van der Waals surface area contributed by atoms with E-state index in [0.29, 0.717) is 30.0 Å². The second-order valence-corrected chi connectivity index (χ2v) is 10.8. The minimum absolute atomic E-state index is 0.128. The number of benzene rings is 1. The fraction of sp³-hybridized carbons (Fsp3) is 0.455. The quantitative estimate of drug-likeness (QED) is 0.664. The first-order chi connectivity index (χ1) is 14.9. The average Bonchev–Trinajstić information content (AvgIpc) is 3.35. The lowest BCUT2D eigenvalue weighted by molar-refractivity contribution is -0.120. The zero-order valence-corrected chi connectivity index (χ0v) is 19.1. The number of thiophene rings is 1. The van der Waals surface area contributed by atoms with Crippen molar-refractivity contribution in [3.63, 3.8) is 0 Å². The second-order valence-electron chi connectivity index (χ2n) is 7.79. The number of fused-ring (bicyclic) bond motifs is 1. The predicted molar refractivity (Wildman–Crippen MR) is 119 cm³/mol. The summed E-state index contributed by atoms with van der Waals surface area (Å²) in [5.41, 5.74) is 1.45. The molecule has 1 unspecified atom stereocenters. The topological polar surface area (TPSA) is 92.8 Å². The van der Waals surface area contributed by atoms with Gasteiger partial charge in [-0.1, -0.05) is 18.2 Å². The van der Waals surface area contributed by atoms with E-state index in [4.69, 9.17) is 4.74 Å². The van der Waals surface area contributed by atoms with Crippen LogP contribution < -0.4 is 5.32 Å². The molecule has 9 heteroatoms. The van der Waals surface area contributed by atoms with Gasteiger partial charge in [0, 0.05) is 18.0 Å². The Morgan fingerprint density at radius 1 is 1.19 bits per heavy atom. The van der Waals surface area contributed by atoms with Crippen LogP contribution in [0, 0.1) is 5.92 Å². The maximum atomic E-state index is 13.1. The van der Waals surface area contributed by atoms with Crippen molar-refractivity contribution in [2.45, 2.75) is 43.9 Å². The summed E-state index contributed by atoms with van der Waals surface area (Å²) < 4.78 is 32.5. The van der Waals surface area contributed by atoms with Gasteiger partial charge in [-0.3, -0.25) is 4.79 Å². The van der Waals surface area contributed by atoms with Crippen LogP contribution in [0.4, 0.5) is 5.00 Å². The van der Waals surface area contributed by atoms with Crippen LogP contribution in [0.3, 0.4) is 0 Å². The van der Waals surface area contributed by atoms with Crippen LogP contribution in [0.2, 0.25) is 0 Å². The van der Waals surface area contributed by atoms with E-state index < -0.39 is 21.9 Å². The van der Waals surface area contributed by atoms with Crippen molar-refractivity contribution in [1.82, 2.24) is 4.31 Å². The number of carbonyl (C=O) groups is 2. The minimum atomic E-state index is -3.65. The lowest BCUT2D eigenvalue weighted by Gasteiger charge is -2.31. The van der Waals surface area contributed by atoms with Gasteiger partial charge in [-0.25, -0.2) is 13.2 Å². The molecule has 0 radical (unpaired) electrons. The minimum Gasteiger partial charge on any atom is -0.462 e. The summed E-state index contributed by atoms with van der Waals surface area (Å²) in [6.07, 6.45) is 3.91. The summed E-state index contributed by atoms with van der Waals surface area (Å²) in [5.74, 6) is -1.13. The standard InChI is InChI=1S/C22H26N2O5S2/c1-2-29-22(26)19-17-11-6-12-18(17)30-21(19)23-20(25)15-8-7-13-24(14-15)31(27,28)16-9-4-3-5-10-16/h3-5,9-10,15H,2,6-8,11-14H2,1H3,(H,23,25). The van der Waals surface area contributed by atoms with Crippen LogP contribution in [-0.2, 0) is 32.4 Å². The average molecular weight is 463 g/mol. The number of hydrogen-bond donors (Lipinski definition) is 1. The molecule has 1 atom stereocenters. The summed E-state index contributed by atoms with van der Waals surface area (Å²) in [6, 6.07) is 8.28. The first kappa shape index (κ1) is 22.0. The molecular formula is C22H26N2O5S2. The number of carbonyl (C=O) groups excluding carboxylic acids is 2. The number of anilines is 1. The molecule has 1 aliphatic heterocycles. The molecule has 0 spiro atoms. The first-order valence-corrected chi connectivity index (χ1v) is 12.8. The molecule has 1 amide bonds. The zero-order chi connectivity index (χ0) is 22.0. The van der Waals surface area contributed by atoms with Gasteiger partial charge >= 0.3 is 5.97 Å². The van der Waals surface area contributed by atoms with Crippen LogP contribution in [0.15, 0.2) is 35.2 Å². The van der Waals surface area contributed by atoms with Gasteiger partial charge < -0.3 is 10.1 Å². The molecule has 2 aliphatic rings. The predicted octanol–water partition coefficient (Wildman–Crippen LogP) is 3.45. The van der Waals surface area contributed by atoms with Gasteiger partial charge in [-0.05, 0) is 56.7 Å². The Hall–Kier alpha value is -2.23. The van der Waals surface area contributed by atoms with E-state index in [1.54, 1.807) is 37.3 Å². The molecule has 166 valence electrons. The van der Waals surface area contributed by atoms with Gasteiger partial charge in [-0.2, -0.15) is 4.31 Å². The summed E-state index contributed by atoms with van der Waals surface area (Å²) >= 11 is 1.43. The van der Waals surface area contributed by atoms with Gasteiger partial charge in [-0.15, -0.1) is 11.3 Å². The van der Waals surface area contributed by atoms with Crippen molar-refractivity contribution >= 4 is 38.2 Å². The van der Waals surface area contributed by atoms with Gasteiger partial charge in [0.1, 0.15) is 5.00 Å². The maximum absolute atomic E-state index is 13.1. The molecule has 0 bridgehead atoms. The molecule has 31 heavy (non-hydrogen) atoms. The van der Waals surface area contributed by atoms with E-state index in [2.05, 4.69) is 5.32 Å². The lowest BCUT2D eigenvalue weighted by Crippen LogP contribution is -2.43. The number of esters is 1. The molecule has 1 aromatic carbocycles. The van der Waals surface area contributed by atoms with Crippen molar-refractivity contribution in [3.05, 3.63) is 46.3 Å². The van der Waals surface area contributed by atoms with E-state index >= 15 is 0 Å². The molecule has 7 nitrogen and oxygen atoms in total. The monoisotopic (exact) mass is 462 g/mol. The lowest BCUT2D eigenvalue weighted by atomic mass is 9.99. The highest BCUT2D eigenvalue weighted by molar-refractivity contribution is 7.89. The number of aryl methyl sites for hydroxylation is 1. The number of rotatable bonds is 6. The normalized spacial score (nSPS) is 19.1. The smallest absolute Gasteiger partial charge is 0.341 e. The Morgan fingerprint density at radius 2 is 1.97 bits per heavy atom. The Labute approximate surface area is 186 Å². The van der Waals surface area contributed by atoms with Gasteiger partial charge in [0.25, 0.3) is 0 Å². The molecular weight excluding hydrogens is 436 g/mol. The van der Waals surface area contributed by atoms with E-state index in [1.807, 2.05) is 0 Å². The van der Waals surface area contributed by atoms with Crippen LogP contribution in [0.1, 0.15) is 47.0 Å². The Bertz CT molecular complexity index is 1080. The van der Waals surface area contributed by atoms with Crippen LogP contribution in [0.5, 0.6) is 0 Å². The number of nitrogens with one attached hydrogen (secondary N) is 1. The molecule has 2 aromatic rings. The Morgan fingerprint density at radius 3 is 2.71 bits per heavy atom. The number of piperidine rings is 1. The number of ether oxygens (including phenoxy) is 1. The van der Waals surface area contributed by atoms with Crippen LogP contribution in [-0.4, -0.2) is 44.3 Å². The van der Waals surface area contributed by atoms with Crippen molar-refractivity contribution in [2.75, 3.05) is 25.0 Å². The summed E-state index contributed by atoms with van der Waals surface area (Å²) in [6.45, 7) is 2.55. The highest BCUT2D eigenvalue weighted by Crippen LogP contribution is 2.40. The molecule has 4 rings (SSSR count). The van der Waals surface area contributed by atoms with Crippen molar-refractivity contribution in [1.29, 1.82) is 0 Å². The van der Waals surface area contributed by atoms with Crippen molar-refractivity contribution < 1.29 is 22.7 Å². The third kappa shape index (κ3) is 4.40. The third-order valence-electron chi connectivity index (χ3n) is 5.77. The summed E-state index contributed by atoms with van der Waals surface area (Å²) in [7, 11) is -3.65. The largest absolute Gasteiger partial charge is 0.462 e. The molecule has 1 aromatic heterocycles. The number of sulfonamides is 1. The molecule has 0 saturated carbocycles. The Balaban J connectivity index is 1.51. The van der Waals surface area contributed by atoms with Crippen molar-refractivity contribution in [3.8, 4) is 0 Å². The molecule has 1 fully saturated rings. The highest BCUT2D eigenvalue weighted by atomic mass is 32.2. The maximum Gasteiger partial charge on any atom is 0.341 e. The fourth-order valence-corrected chi connectivity index (χ4v) is 7.07. The molecule has 1 aliphatic carbocycles. The summed E-state index contributed by atoms with van der Waals surface area (Å²) in [5, 5.41) is 3.44. The highest BCUT2D eigenvalue weighted by Gasteiger charge is 2.35. The number of hydrogen-bond acceptors (Lipinski definition) is 6. The Kier molecular flexibility index (Phi) is 6.45. The number of amides is 1. The first-order valence-electron chi connectivity index (χ1n) is 10.6. The van der Waals surface area contributed by atoms with Gasteiger partial charge in [0.2, 0.25) is 15.9 Å². The van der Waals surface area contributed by atoms with Crippen LogP contribution >= 0.6 is 11.3 Å². The van der Waals surface area contributed by atoms with Gasteiger partial charge in [0.15, 0.2) is 0 Å². The second kappa shape index (κ2) is 9.10. The van der Waals surface area contributed by atoms with Crippen molar-refractivity contribution in [2.24, 2.45) is 5.92 Å². The van der Waals surface area contributed by atoms with E-state index in [1.165, 1.54) is 15.6 Å². The fourth-order valence-electron chi connectivity index (χ4n) is 4.24. The summed E-state index contributed by atoms with van der Waals surface area (Å²) in [4.78, 5) is 26.9. The number of nitrogens with zero attached hydrogens (tertiary/aromatic N) is 1. The SMILES string of the molecule is CCOC(=O)c1c(NC(=O)C2CCCN(S(=O)(=O)c3ccccc3)C2)sc2c1CCC2. The van der Waals surface area contributed by atoms with E-state index in [0.717, 1.165) is 29.7 Å². The zero-order valence-electron chi connectivity index (χ0n) is 17.4. The van der Waals surface area contributed by atoms with E-state index in [9.17, 15) is 18.0 Å². The van der Waals surface area contributed by atoms with E-state index in [-0.39, 0.29) is 24.0 Å². The van der Waals surface area contributed by atoms with Crippen LogP contribution in [0.25, 0.3) is 0 Å². The molecule has 1 N–H and O–H groups in total.